The summed E-state index contributed by atoms with van der Waals surface area (Å²) < 4.78 is 0. The quantitative estimate of drug-likeness (QED) is 0.637. The van der Waals surface area contributed by atoms with E-state index < -0.39 is 0 Å². The number of amides is 2. The second-order valence-corrected chi connectivity index (χ2v) is 7.97. The van der Waals surface area contributed by atoms with Crippen molar-refractivity contribution in [1.29, 1.82) is 0 Å². The van der Waals surface area contributed by atoms with Crippen molar-refractivity contribution >= 4 is 11.8 Å². The Kier molecular flexibility index (Phi) is 3.95. The standard InChI is InChI=1S/C19H25N5O2/c25-18(20-13-7-8-13)12-6-9-14-15(10-12)24-17(21-19(14)26)16(22-23-24)11-4-2-1-3-5-11/h1-5,12-17,22-23H,6-10H2,(H,20,25)(H,21,26). The lowest BCUT2D eigenvalue weighted by Gasteiger charge is -2.46. The lowest BCUT2D eigenvalue weighted by Crippen LogP contribution is -2.65. The van der Waals surface area contributed by atoms with Crippen LogP contribution in [0.25, 0.3) is 0 Å². The smallest absolute Gasteiger partial charge is 0.226 e. The Bertz CT molecular complexity index is 707. The lowest BCUT2D eigenvalue weighted by atomic mass is 9.75. The molecule has 7 nitrogen and oxygen atoms in total. The summed E-state index contributed by atoms with van der Waals surface area (Å²) >= 11 is 0. The number of nitrogens with one attached hydrogen (secondary N) is 4. The second kappa shape index (κ2) is 6.33. The van der Waals surface area contributed by atoms with Crippen molar-refractivity contribution < 1.29 is 9.59 Å². The fourth-order valence-corrected chi connectivity index (χ4v) is 4.62. The van der Waals surface area contributed by atoms with Gasteiger partial charge in [0.25, 0.3) is 0 Å². The molecule has 5 rings (SSSR count). The number of carbonyl (C=O) groups is 2. The molecule has 2 aliphatic carbocycles. The van der Waals surface area contributed by atoms with Gasteiger partial charge in [-0.05, 0) is 37.7 Å². The van der Waals surface area contributed by atoms with Gasteiger partial charge in [0, 0.05) is 18.0 Å². The highest BCUT2D eigenvalue weighted by Crippen LogP contribution is 2.39. The number of hydrogen-bond acceptors (Lipinski definition) is 5. The van der Waals surface area contributed by atoms with Gasteiger partial charge in [0.1, 0.15) is 6.17 Å². The van der Waals surface area contributed by atoms with Gasteiger partial charge in [-0.2, -0.15) is 5.53 Å². The summed E-state index contributed by atoms with van der Waals surface area (Å²) in [7, 11) is 0. The highest BCUT2D eigenvalue weighted by atomic mass is 16.2. The van der Waals surface area contributed by atoms with Crippen LogP contribution in [0, 0.1) is 11.8 Å². The first-order chi connectivity index (χ1) is 12.7. The van der Waals surface area contributed by atoms with Gasteiger partial charge in [-0.1, -0.05) is 30.3 Å². The minimum Gasteiger partial charge on any atom is -0.353 e. The Labute approximate surface area is 152 Å². The summed E-state index contributed by atoms with van der Waals surface area (Å²) in [6.45, 7) is 0. The molecule has 2 saturated carbocycles. The summed E-state index contributed by atoms with van der Waals surface area (Å²) in [5.74, 6) is 0.227. The Morgan fingerprint density at radius 3 is 2.69 bits per heavy atom. The van der Waals surface area contributed by atoms with Crippen LogP contribution in [0.4, 0.5) is 0 Å². The normalized spacial score (nSPS) is 36.8. The maximum Gasteiger partial charge on any atom is 0.226 e. The fraction of sp³-hybridized carbons (Fsp3) is 0.579. The Balaban J connectivity index is 1.34. The van der Waals surface area contributed by atoms with Gasteiger partial charge < -0.3 is 10.6 Å². The summed E-state index contributed by atoms with van der Waals surface area (Å²) in [6, 6.07) is 10.5. The van der Waals surface area contributed by atoms with Crippen LogP contribution in [0.2, 0.25) is 0 Å². The molecule has 4 aliphatic rings. The summed E-state index contributed by atoms with van der Waals surface area (Å²) in [4.78, 5) is 25.2. The van der Waals surface area contributed by atoms with E-state index in [-0.39, 0.29) is 41.9 Å². The van der Waals surface area contributed by atoms with Crippen molar-refractivity contribution in [2.75, 3.05) is 0 Å². The summed E-state index contributed by atoms with van der Waals surface area (Å²) in [5, 5.41) is 8.43. The summed E-state index contributed by atoms with van der Waals surface area (Å²) in [6.07, 6.45) is 4.35. The number of hydrogen-bond donors (Lipinski definition) is 4. The largest absolute Gasteiger partial charge is 0.353 e. The molecule has 5 unspecified atom stereocenters. The third kappa shape index (κ3) is 2.80. The highest BCUT2D eigenvalue weighted by Gasteiger charge is 2.51. The van der Waals surface area contributed by atoms with Gasteiger partial charge in [-0.3, -0.25) is 9.59 Å². The van der Waals surface area contributed by atoms with E-state index in [0.29, 0.717) is 6.04 Å². The molecule has 0 aromatic heterocycles. The van der Waals surface area contributed by atoms with Gasteiger partial charge in [0.2, 0.25) is 11.8 Å². The highest BCUT2D eigenvalue weighted by molar-refractivity contribution is 5.83. The molecule has 1 aromatic carbocycles. The van der Waals surface area contributed by atoms with E-state index in [1.807, 2.05) is 18.2 Å². The molecule has 138 valence electrons. The average Bonchev–Trinajstić information content (AvgIpc) is 3.38. The molecule has 4 fully saturated rings. The molecule has 7 heteroatoms. The van der Waals surface area contributed by atoms with Gasteiger partial charge in [-0.15, -0.1) is 0 Å². The lowest BCUT2D eigenvalue weighted by molar-refractivity contribution is -0.143. The number of rotatable bonds is 3. The molecule has 2 saturated heterocycles. The summed E-state index contributed by atoms with van der Waals surface area (Å²) in [5.41, 5.74) is 7.72. The van der Waals surface area contributed by atoms with Crippen LogP contribution < -0.4 is 21.6 Å². The zero-order valence-corrected chi connectivity index (χ0v) is 14.7. The Morgan fingerprint density at radius 1 is 1.12 bits per heavy atom. The first kappa shape index (κ1) is 16.2. The molecule has 0 bridgehead atoms. The molecule has 4 N–H and O–H groups in total. The van der Waals surface area contributed by atoms with Gasteiger partial charge >= 0.3 is 0 Å². The van der Waals surface area contributed by atoms with Crippen LogP contribution in [0.3, 0.4) is 0 Å². The van der Waals surface area contributed by atoms with Crippen LogP contribution in [-0.4, -0.2) is 35.1 Å². The molecule has 2 amide bonds. The van der Waals surface area contributed by atoms with Crippen LogP contribution in [0.5, 0.6) is 0 Å². The van der Waals surface area contributed by atoms with Crippen LogP contribution in [0.1, 0.15) is 43.7 Å². The molecular weight excluding hydrogens is 330 g/mol. The Morgan fingerprint density at radius 2 is 1.92 bits per heavy atom. The second-order valence-electron chi connectivity index (χ2n) is 7.97. The fourth-order valence-electron chi connectivity index (χ4n) is 4.62. The molecular formula is C19H25N5O2. The SMILES string of the molecule is O=C(NC1CC1)C1CCC2C(=O)NC3C(c4ccccc4)NNN3C2C1. The molecule has 2 heterocycles. The predicted molar refractivity (Wildman–Crippen MR) is 95.0 cm³/mol. The molecule has 1 aromatic rings. The maximum atomic E-state index is 12.7. The zero-order valence-electron chi connectivity index (χ0n) is 14.7. The maximum absolute atomic E-state index is 12.7. The van der Waals surface area contributed by atoms with Gasteiger partial charge in [0.05, 0.1) is 12.0 Å². The van der Waals surface area contributed by atoms with Crippen LogP contribution in [0.15, 0.2) is 30.3 Å². The van der Waals surface area contributed by atoms with E-state index in [2.05, 4.69) is 38.7 Å². The molecule has 0 radical (unpaired) electrons. The zero-order chi connectivity index (χ0) is 17.7. The van der Waals surface area contributed by atoms with Crippen LogP contribution in [-0.2, 0) is 9.59 Å². The minimum absolute atomic E-state index is 0.000903. The van der Waals surface area contributed by atoms with Crippen LogP contribution >= 0.6 is 0 Å². The Hall–Kier alpha value is -1.96. The van der Waals surface area contributed by atoms with Crippen molar-refractivity contribution in [3.8, 4) is 0 Å². The first-order valence-corrected chi connectivity index (χ1v) is 9.66. The number of carbonyl (C=O) groups excluding carboxylic acids is 2. The molecule has 5 atom stereocenters. The van der Waals surface area contributed by atoms with Crippen molar-refractivity contribution in [3.05, 3.63) is 35.9 Å². The average molecular weight is 355 g/mol. The number of benzene rings is 1. The van der Waals surface area contributed by atoms with E-state index in [0.717, 1.165) is 37.7 Å². The third-order valence-corrected chi connectivity index (χ3v) is 6.22. The van der Waals surface area contributed by atoms with E-state index in [4.69, 9.17) is 0 Å². The van der Waals surface area contributed by atoms with E-state index in [9.17, 15) is 9.59 Å². The van der Waals surface area contributed by atoms with Crippen molar-refractivity contribution in [2.45, 2.75) is 56.4 Å². The predicted octanol–water partition coefficient (Wildman–Crippen LogP) is 0.572. The molecule has 0 spiro atoms. The van der Waals surface area contributed by atoms with Crippen molar-refractivity contribution in [1.82, 2.24) is 26.6 Å². The van der Waals surface area contributed by atoms with Crippen molar-refractivity contribution in [3.63, 3.8) is 0 Å². The number of fused-ring (bicyclic) bond motifs is 3. The number of hydrazine groups is 2. The topological polar surface area (TPSA) is 85.5 Å². The molecule has 2 aliphatic heterocycles. The van der Waals surface area contributed by atoms with Crippen molar-refractivity contribution in [2.24, 2.45) is 11.8 Å². The van der Waals surface area contributed by atoms with E-state index in [1.165, 1.54) is 0 Å². The third-order valence-electron chi connectivity index (χ3n) is 6.22. The van der Waals surface area contributed by atoms with Gasteiger partial charge in [0.15, 0.2) is 0 Å². The molecule has 26 heavy (non-hydrogen) atoms. The minimum atomic E-state index is -0.142. The first-order valence-electron chi connectivity index (χ1n) is 9.66. The monoisotopic (exact) mass is 355 g/mol. The van der Waals surface area contributed by atoms with E-state index >= 15 is 0 Å². The van der Waals surface area contributed by atoms with E-state index in [1.54, 1.807) is 0 Å². The van der Waals surface area contributed by atoms with Gasteiger partial charge in [-0.25, -0.2) is 10.4 Å². The number of nitrogens with zero attached hydrogens (tertiary/aromatic N) is 1.